The molecule has 1 amide bonds. The topological polar surface area (TPSA) is 70.1 Å². The van der Waals surface area contributed by atoms with Gasteiger partial charge in [-0.1, -0.05) is 64.1 Å². The molecule has 6 heteroatoms. The summed E-state index contributed by atoms with van der Waals surface area (Å²) in [4.78, 5) is 30.2. The molecule has 1 saturated heterocycles. The highest BCUT2D eigenvalue weighted by molar-refractivity contribution is 6.46. The van der Waals surface area contributed by atoms with Crippen molar-refractivity contribution in [1.29, 1.82) is 0 Å². The van der Waals surface area contributed by atoms with Crippen LogP contribution in [-0.2, 0) is 9.59 Å². The molecule has 1 aliphatic heterocycles. The molecule has 0 unspecified atom stereocenters. The van der Waals surface area contributed by atoms with E-state index in [9.17, 15) is 14.7 Å². The molecule has 1 atom stereocenters. The maximum absolute atomic E-state index is 13.2. The number of nitrogens with zero attached hydrogens (tertiary/aromatic N) is 2. The maximum atomic E-state index is 13.2. The van der Waals surface area contributed by atoms with Gasteiger partial charge in [0, 0.05) is 12.1 Å². The standard InChI is InChI=1S/C28H36N2O4/c1-6-29(7-2)16-9-17-30-25(21-14-12-20(13-15-21)19(3)4)24(27(32)28(30)33)26(31)22-10-8-11-23(18-22)34-5/h8,10-15,18-19,25,31H,6-7,9,16-17H2,1-5H3/t25-/m1/s1. The molecule has 0 saturated carbocycles. The second-order valence-corrected chi connectivity index (χ2v) is 8.93. The lowest BCUT2D eigenvalue weighted by Crippen LogP contribution is -2.33. The highest BCUT2D eigenvalue weighted by Crippen LogP contribution is 2.40. The van der Waals surface area contributed by atoms with Gasteiger partial charge in [0.25, 0.3) is 11.7 Å². The summed E-state index contributed by atoms with van der Waals surface area (Å²) >= 11 is 0. The van der Waals surface area contributed by atoms with Crippen LogP contribution >= 0.6 is 0 Å². The molecule has 1 fully saturated rings. The second-order valence-electron chi connectivity index (χ2n) is 8.93. The van der Waals surface area contributed by atoms with Crippen molar-refractivity contribution in [3.63, 3.8) is 0 Å². The first-order chi connectivity index (χ1) is 16.3. The lowest BCUT2D eigenvalue weighted by Gasteiger charge is -2.27. The Morgan fingerprint density at radius 1 is 1.09 bits per heavy atom. The van der Waals surface area contributed by atoms with Crippen LogP contribution in [0.1, 0.15) is 62.8 Å². The van der Waals surface area contributed by atoms with Crippen LogP contribution in [0.2, 0.25) is 0 Å². The van der Waals surface area contributed by atoms with Gasteiger partial charge in [-0.15, -0.1) is 0 Å². The molecule has 1 heterocycles. The lowest BCUT2D eigenvalue weighted by atomic mass is 9.93. The van der Waals surface area contributed by atoms with Crippen molar-refractivity contribution in [3.05, 3.63) is 70.8 Å². The summed E-state index contributed by atoms with van der Waals surface area (Å²) in [6, 6.07) is 14.2. The number of ether oxygens (including phenoxy) is 1. The summed E-state index contributed by atoms with van der Waals surface area (Å²) in [7, 11) is 1.55. The number of Topliss-reactive ketones (excluding diaryl/α,β-unsaturated/α-hetero) is 1. The number of hydrogen-bond acceptors (Lipinski definition) is 5. The van der Waals surface area contributed by atoms with E-state index in [1.807, 2.05) is 24.3 Å². The lowest BCUT2D eigenvalue weighted by molar-refractivity contribution is -0.140. The monoisotopic (exact) mass is 464 g/mol. The molecule has 0 aliphatic carbocycles. The molecule has 34 heavy (non-hydrogen) atoms. The Kier molecular flexibility index (Phi) is 8.51. The zero-order chi connectivity index (χ0) is 24.8. The minimum absolute atomic E-state index is 0.124. The highest BCUT2D eigenvalue weighted by atomic mass is 16.5. The second kappa shape index (κ2) is 11.3. The molecule has 2 aromatic carbocycles. The number of rotatable bonds is 10. The Morgan fingerprint density at radius 2 is 1.76 bits per heavy atom. The van der Waals surface area contributed by atoms with Crippen molar-refractivity contribution in [1.82, 2.24) is 9.80 Å². The number of ketones is 1. The van der Waals surface area contributed by atoms with Gasteiger partial charge in [-0.25, -0.2) is 0 Å². The van der Waals surface area contributed by atoms with Crippen LogP contribution in [0, 0.1) is 0 Å². The van der Waals surface area contributed by atoms with E-state index in [1.165, 1.54) is 5.56 Å². The number of methoxy groups -OCH3 is 1. The van der Waals surface area contributed by atoms with Crippen LogP contribution in [-0.4, -0.2) is 59.9 Å². The fourth-order valence-corrected chi connectivity index (χ4v) is 4.45. The summed E-state index contributed by atoms with van der Waals surface area (Å²) in [5.41, 5.74) is 2.56. The molecule has 0 bridgehead atoms. The molecule has 0 spiro atoms. The van der Waals surface area contributed by atoms with E-state index in [4.69, 9.17) is 4.74 Å². The number of benzene rings is 2. The maximum Gasteiger partial charge on any atom is 0.295 e. The Bertz CT molecular complexity index is 1040. The summed E-state index contributed by atoms with van der Waals surface area (Å²) in [6.45, 7) is 11.6. The zero-order valence-electron chi connectivity index (χ0n) is 20.9. The summed E-state index contributed by atoms with van der Waals surface area (Å²) in [5, 5.41) is 11.2. The Hall–Kier alpha value is -3.12. The summed E-state index contributed by atoms with van der Waals surface area (Å²) < 4.78 is 5.28. The number of aliphatic hydroxyl groups excluding tert-OH is 1. The van der Waals surface area contributed by atoms with Gasteiger partial charge >= 0.3 is 0 Å². The van der Waals surface area contributed by atoms with E-state index < -0.39 is 17.7 Å². The van der Waals surface area contributed by atoms with E-state index in [-0.39, 0.29) is 11.3 Å². The number of amides is 1. The molecule has 1 N–H and O–H groups in total. The third-order valence-corrected chi connectivity index (χ3v) is 6.57. The quantitative estimate of drug-likeness (QED) is 0.305. The SMILES string of the molecule is CCN(CC)CCCN1C(=O)C(=O)C(=C(O)c2cccc(OC)c2)[C@H]1c1ccc(C(C)C)cc1. The average Bonchev–Trinajstić information content (AvgIpc) is 3.11. The van der Waals surface area contributed by atoms with Gasteiger partial charge < -0.3 is 19.6 Å². The predicted molar refractivity (Wildman–Crippen MR) is 135 cm³/mol. The Balaban J connectivity index is 2.05. The van der Waals surface area contributed by atoms with Crippen molar-refractivity contribution >= 4 is 17.4 Å². The first kappa shape index (κ1) is 25.5. The third kappa shape index (κ3) is 5.33. The van der Waals surface area contributed by atoms with E-state index in [1.54, 1.807) is 36.3 Å². The van der Waals surface area contributed by atoms with Crippen molar-refractivity contribution in [2.45, 2.75) is 46.1 Å². The van der Waals surface area contributed by atoms with E-state index in [0.717, 1.165) is 31.6 Å². The van der Waals surface area contributed by atoms with Crippen molar-refractivity contribution in [2.75, 3.05) is 33.3 Å². The number of likely N-dealkylation sites (tertiary alicyclic amines) is 1. The normalized spacial score (nSPS) is 17.7. The molecule has 182 valence electrons. The summed E-state index contributed by atoms with van der Waals surface area (Å²) in [6.07, 6.45) is 0.745. The van der Waals surface area contributed by atoms with Gasteiger partial charge in [-0.3, -0.25) is 9.59 Å². The van der Waals surface area contributed by atoms with E-state index in [2.05, 4.69) is 32.6 Å². The van der Waals surface area contributed by atoms with Gasteiger partial charge in [0.2, 0.25) is 0 Å². The molecule has 6 nitrogen and oxygen atoms in total. The van der Waals surface area contributed by atoms with Crippen LogP contribution in [0.3, 0.4) is 0 Å². The smallest absolute Gasteiger partial charge is 0.295 e. The predicted octanol–water partition coefficient (Wildman–Crippen LogP) is 4.97. The van der Waals surface area contributed by atoms with Crippen LogP contribution in [0.15, 0.2) is 54.1 Å². The molecule has 2 aromatic rings. The van der Waals surface area contributed by atoms with Crippen molar-refractivity contribution in [2.24, 2.45) is 0 Å². The van der Waals surface area contributed by atoms with Crippen LogP contribution in [0.5, 0.6) is 5.75 Å². The number of hydrogen-bond donors (Lipinski definition) is 1. The first-order valence-corrected chi connectivity index (χ1v) is 12.1. The summed E-state index contributed by atoms with van der Waals surface area (Å²) in [5.74, 6) is -0.467. The van der Waals surface area contributed by atoms with Gasteiger partial charge in [-0.05, 0) is 55.2 Å². The molecule has 0 radical (unpaired) electrons. The molecular weight excluding hydrogens is 428 g/mol. The largest absolute Gasteiger partial charge is 0.507 e. The fourth-order valence-electron chi connectivity index (χ4n) is 4.45. The van der Waals surface area contributed by atoms with Crippen molar-refractivity contribution < 1.29 is 19.4 Å². The first-order valence-electron chi connectivity index (χ1n) is 12.1. The van der Waals surface area contributed by atoms with E-state index in [0.29, 0.717) is 23.8 Å². The zero-order valence-corrected chi connectivity index (χ0v) is 20.9. The molecular formula is C28H36N2O4. The number of carbonyl (C=O) groups excluding carboxylic acids is 2. The minimum Gasteiger partial charge on any atom is -0.507 e. The fraction of sp³-hybridized carbons (Fsp3) is 0.429. The van der Waals surface area contributed by atoms with Crippen LogP contribution < -0.4 is 4.74 Å². The van der Waals surface area contributed by atoms with Crippen LogP contribution in [0.4, 0.5) is 0 Å². The Morgan fingerprint density at radius 3 is 2.35 bits per heavy atom. The molecule has 0 aromatic heterocycles. The van der Waals surface area contributed by atoms with E-state index >= 15 is 0 Å². The van der Waals surface area contributed by atoms with Crippen LogP contribution in [0.25, 0.3) is 5.76 Å². The van der Waals surface area contributed by atoms with Gasteiger partial charge in [0.1, 0.15) is 11.5 Å². The highest BCUT2D eigenvalue weighted by Gasteiger charge is 2.45. The molecule has 3 rings (SSSR count). The number of carbonyl (C=O) groups is 2. The third-order valence-electron chi connectivity index (χ3n) is 6.57. The van der Waals surface area contributed by atoms with Gasteiger partial charge in [0.15, 0.2) is 0 Å². The molecule has 1 aliphatic rings. The van der Waals surface area contributed by atoms with Gasteiger partial charge in [-0.2, -0.15) is 0 Å². The number of aliphatic hydroxyl groups is 1. The Labute approximate surface area is 202 Å². The van der Waals surface area contributed by atoms with Gasteiger partial charge in [0.05, 0.1) is 18.7 Å². The van der Waals surface area contributed by atoms with Crippen molar-refractivity contribution in [3.8, 4) is 5.75 Å². The average molecular weight is 465 g/mol. The minimum atomic E-state index is -0.652.